The van der Waals surface area contributed by atoms with Crippen LogP contribution in [0, 0.1) is 5.82 Å². The van der Waals surface area contributed by atoms with Gasteiger partial charge in [0.25, 0.3) is 0 Å². The number of piperidine rings is 1. The van der Waals surface area contributed by atoms with E-state index in [2.05, 4.69) is 15.3 Å². The third-order valence-corrected chi connectivity index (χ3v) is 9.11. The molecule has 3 heterocycles. The highest BCUT2D eigenvalue weighted by Gasteiger charge is 2.30. The highest BCUT2D eigenvalue weighted by molar-refractivity contribution is 7.90. The average Bonchev–Trinajstić information content (AvgIpc) is 3.23. The van der Waals surface area contributed by atoms with Crippen LogP contribution in [-0.4, -0.2) is 56.2 Å². The van der Waals surface area contributed by atoms with E-state index in [-0.39, 0.29) is 28.1 Å². The summed E-state index contributed by atoms with van der Waals surface area (Å²) >= 11 is 0. The Kier molecular flexibility index (Phi) is 6.92. The van der Waals surface area contributed by atoms with E-state index in [9.17, 15) is 21.2 Å². The summed E-state index contributed by atoms with van der Waals surface area (Å²) in [5.74, 6) is -0.236. The first kappa shape index (κ1) is 24.6. The molecule has 184 valence electrons. The van der Waals surface area contributed by atoms with Crippen LogP contribution in [0.15, 0.2) is 40.1 Å². The summed E-state index contributed by atoms with van der Waals surface area (Å²) in [5, 5.41) is 2.85. The van der Waals surface area contributed by atoms with Gasteiger partial charge in [0.15, 0.2) is 21.2 Å². The number of nitrogens with zero attached hydrogens (tertiary/aromatic N) is 3. The van der Waals surface area contributed by atoms with Crippen LogP contribution in [0.2, 0.25) is 0 Å². The van der Waals surface area contributed by atoms with E-state index in [4.69, 9.17) is 4.42 Å². The second kappa shape index (κ2) is 9.59. The second-order valence-corrected chi connectivity index (χ2v) is 12.6. The smallest absolute Gasteiger partial charge is 0.214 e. The molecule has 1 aliphatic rings. The Morgan fingerprint density at radius 1 is 1.18 bits per heavy atom. The summed E-state index contributed by atoms with van der Waals surface area (Å²) in [6, 6.07) is 3.60. The molecule has 9 nitrogen and oxygen atoms in total. The lowest BCUT2D eigenvalue weighted by molar-refractivity contribution is 0.319. The molecular formula is C22H27FN4O5S2. The molecule has 3 aromatic rings. The van der Waals surface area contributed by atoms with Crippen molar-refractivity contribution in [3.8, 4) is 0 Å². The van der Waals surface area contributed by atoms with Crippen LogP contribution in [-0.2, 0) is 19.9 Å². The Morgan fingerprint density at radius 2 is 1.91 bits per heavy atom. The molecule has 0 unspecified atom stereocenters. The minimum Gasteiger partial charge on any atom is -0.458 e. The van der Waals surface area contributed by atoms with Gasteiger partial charge in [-0.2, -0.15) is 0 Å². The molecule has 0 radical (unpaired) electrons. The molecule has 12 heteroatoms. The van der Waals surface area contributed by atoms with Gasteiger partial charge in [-0.3, -0.25) is 0 Å². The largest absolute Gasteiger partial charge is 0.458 e. The van der Waals surface area contributed by atoms with Crippen LogP contribution in [0.4, 0.5) is 15.9 Å². The van der Waals surface area contributed by atoms with Crippen LogP contribution < -0.4 is 5.32 Å². The lowest BCUT2D eigenvalue weighted by Crippen LogP contribution is -2.39. The number of benzene rings is 1. The van der Waals surface area contributed by atoms with Gasteiger partial charge in [0.2, 0.25) is 10.0 Å². The van der Waals surface area contributed by atoms with E-state index in [0.29, 0.717) is 43.5 Å². The lowest BCUT2D eigenvalue weighted by atomic mass is 9.91. The summed E-state index contributed by atoms with van der Waals surface area (Å²) in [6.45, 7) is 2.85. The molecular weight excluding hydrogens is 483 g/mol. The molecule has 0 amide bonds. The van der Waals surface area contributed by atoms with Crippen LogP contribution >= 0.6 is 0 Å². The quantitative estimate of drug-likeness (QED) is 0.485. The minimum absolute atomic E-state index is 0.0518. The van der Waals surface area contributed by atoms with Gasteiger partial charge in [-0.25, -0.2) is 35.5 Å². The van der Waals surface area contributed by atoms with Crippen molar-refractivity contribution in [3.05, 3.63) is 42.2 Å². The Balaban J connectivity index is 1.53. The van der Waals surface area contributed by atoms with Crippen LogP contribution in [0.3, 0.4) is 0 Å². The normalized spacial score (nSPS) is 16.2. The van der Waals surface area contributed by atoms with Gasteiger partial charge in [0.1, 0.15) is 17.7 Å². The summed E-state index contributed by atoms with van der Waals surface area (Å²) in [4.78, 5) is 8.38. The number of hydrogen-bond acceptors (Lipinski definition) is 8. The van der Waals surface area contributed by atoms with Gasteiger partial charge in [0.05, 0.1) is 22.6 Å². The maximum atomic E-state index is 14.5. The van der Waals surface area contributed by atoms with Crippen molar-refractivity contribution in [2.45, 2.75) is 43.4 Å². The van der Waals surface area contributed by atoms with Crippen molar-refractivity contribution in [1.29, 1.82) is 0 Å². The van der Waals surface area contributed by atoms with Crippen LogP contribution in [0.1, 0.15) is 44.1 Å². The zero-order valence-corrected chi connectivity index (χ0v) is 20.6. The fraction of sp³-hybridized carbons (Fsp3) is 0.455. The fourth-order valence-corrected chi connectivity index (χ4v) is 6.42. The van der Waals surface area contributed by atoms with Gasteiger partial charge in [-0.1, -0.05) is 13.3 Å². The number of hydrogen-bond donors (Lipinski definition) is 1. The number of halogens is 1. The zero-order chi connectivity index (χ0) is 24.5. The van der Waals surface area contributed by atoms with Gasteiger partial charge in [0, 0.05) is 24.9 Å². The monoisotopic (exact) mass is 510 g/mol. The topological polar surface area (TPSA) is 122 Å². The average molecular weight is 511 g/mol. The number of nitrogens with one attached hydrogen (secondary N) is 1. The van der Waals surface area contributed by atoms with Gasteiger partial charge in [-0.05, 0) is 43.4 Å². The number of fused-ring (bicyclic) bond motifs is 1. The number of sulfonamides is 1. The first-order valence-electron chi connectivity index (χ1n) is 11.1. The predicted molar refractivity (Wildman–Crippen MR) is 127 cm³/mol. The molecule has 0 bridgehead atoms. The molecule has 1 aliphatic heterocycles. The number of rotatable bonds is 8. The maximum absolute atomic E-state index is 14.5. The Morgan fingerprint density at radius 3 is 2.56 bits per heavy atom. The summed E-state index contributed by atoms with van der Waals surface area (Å²) in [5.41, 5.74) is 1.84. The van der Waals surface area contributed by atoms with Gasteiger partial charge < -0.3 is 9.73 Å². The summed E-state index contributed by atoms with van der Waals surface area (Å²) in [6.07, 6.45) is 6.73. The highest BCUT2D eigenvalue weighted by atomic mass is 32.2. The Bertz CT molecular complexity index is 1400. The molecule has 0 spiro atoms. The molecule has 0 saturated carbocycles. The first-order valence-corrected chi connectivity index (χ1v) is 14.6. The molecule has 1 fully saturated rings. The van der Waals surface area contributed by atoms with Crippen molar-refractivity contribution in [2.75, 3.05) is 30.4 Å². The molecule has 0 atom stereocenters. The van der Waals surface area contributed by atoms with E-state index in [1.165, 1.54) is 18.5 Å². The molecule has 0 aliphatic carbocycles. The third-order valence-electron chi connectivity index (χ3n) is 6.05. The number of sulfone groups is 1. The minimum atomic E-state index is -3.53. The lowest BCUT2D eigenvalue weighted by Gasteiger charge is -2.30. The summed E-state index contributed by atoms with van der Waals surface area (Å²) < 4.78 is 70.1. The van der Waals surface area contributed by atoms with Crippen molar-refractivity contribution in [1.82, 2.24) is 14.3 Å². The number of furan rings is 1. The molecule has 4 rings (SSSR count). The predicted octanol–water partition coefficient (Wildman–Crippen LogP) is 3.82. The van der Waals surface area contributed by atoms with E-state index >= 15 is 0 Å². The first-order chi connectivity index (χ1) is 16.1. The Labute approximate surface area is 198 Å². The van der Waals surface area contributed by atoms with Gasteiger partial charge >= 0.3 is 0 Å². The van der Waals surface area contributed by atoms with Crippen LogP contribution in [0.25, 0.3) is 11.1 Å². The number of unbranched alkanes of at least 4 members (excludes halogenated alkanes) is 1. The summed E-state index contributed by atoms with van der Waals surface area (Å²) in [7, 11) is -6.77. The van der Waals surface area contributed by atoms with Crippen molar-refractivity contribution >= 4 is 42.5 Å². The van der Waals surface area contributed by atoms with Crippen molar-refractivity contribution in [3.63, 3.8) is 0 Å². The number of anilines is 2. The number of aromatic nitrogens is 2. The molecule has 1 aromatic carbocycles. The van der Waals surface area contributed by atoms with E-state index in [1.54, 1.807) is 10.6 Å². The molecule has 1 N–H and O–H groups in total. The van der Waals surface area contributed by atoms with Crippen molar-refractivity contribution in [2.24, 2.45) is 0 Å². The van der Waals surface area contributed by atoms with E-state index in [0.717, 1.165) is 24.3 Å². The Hall–Kier alpha value is -2.57. The standard InChI is InChI=1S/C22H27FN4O5S2/c1-3-4-11-34(30,31)27-9-7-15(8-10-27)17-13-32-21-20(17)24-14-25-22(21)26-19-6-5-16(12-18(19)23)33(2,28)29/h5-6,12-15H,3-4,7-11H2,1-2H3,(H,24,25,26). The molecule has 1 saturated heterocycles. The second-order valence-electron chi connectivity index (χ2n) is 8.47. The van der Waals surface area contributed by atoms with Crippen molar-refractivity contribution < 1.29 is 25.6 Å². The molecule has 2 aromatic heterocycles. The zero-order valence-electron chi connectivity index (χ0n) is 19.0. The maximum Gasteiger partial charge on any atom is 0.214 e. The fourth-order valence-electron chi connectivity index (χ4n) is 4.10. The van der Waals surface area contributed by atoms with Gasteiger partial charge in [-0.15, -0.1) is 0 Å². The highest BCUT2D eigenvalue weighted by Crippen LogP contribution is 2.36. The molecule has 34 heavy (non-hydrogen) atoms. The third kappa shape index (κ3) is 5.08. The SMILES string of the molecule is CCCCS(=O)(=O)N1CCC(c2coc3c(Nc4ccc(S(C)(=O)=O)cc4F)ncnc23)CC1. The van der Waals surface area contributed by atoms with E-state index in [1.807, 2.05) is 6.92 Å². The van der Waals surface area contributed by atoms with E-state index < -0.39 is 25.7 Å². The van der Waals surface area contributed by atoms with Crippen LogP contribution in [0.5, 0.6) is 0 Å².